The Morgan fingerprint density at radius 2 is 1.95 bits per heavy atom. The minimum Gasteiger partial charge on any atom is -0.382 e. The van der Waals surface area contributed by atoms with Crippen molar-refractivity contribution >= 4 is 7.82 Å². The number of methoxy groups -OCH3 is 1. The third kappa shape index (κ3) is 10.4. The lowest BCUT2D eigenvalue weighted by Crippen LogP contribution is -2.25. The van der Waals surface area contributed by atoms with Crippen LogP contribution in [-0.4, -0.2) is 69.6 Å². The Balaban J connectivity index is 3.96. The summed E-state index contributed by atoms with van der Waals surface area (Å²) in [7, 11) is -0.594. The van der Waals surface area contributed by atoms with E-state index in [1.54, 1.807) is 0 Å². The van der Waals surface area contributed by atoms with E-state index in [-0.39, 0.29) is 19.3 Å². The Bertz CT molecular complexity index is 260. The zero-order valence-corrected chi connectivity index (χ0v) is 13.1. The number of nitrogens with zero attached hydrogens (tertiary/aromatic N) is 1. The fraction of sp³-hybridized carbons (Fsp3) is 1.00. The monoisotopic (exact) mass is 299 g/mol. The third-order valence-electron chi connectivity index (χ3n) is 2.45. The van der Waals surface area contributed by atoms with Crippen LogP contribution in [-0.2, 0) is 23.1 Å². The van der Waals surface area contributed by atoms with E-state index in [1.165, 1.54) is 7.11 Å². The Hall–Kier alpha value is -0.0100. The molecule has 1 N–H and O–H groups in total. The van der Waals surface area contributed by atoms with Crippen molar-refractivity contribution in [1.29, 1.82) is 0 Å². The second kappa shape index (κ2) is 10.7. The van der Waals surface area contributed by atoms with Crippen molar-refractivity contribution in [3.63, 3.8) is 0 Å². The van der Waals surface area contributed by atoms with Crippen molar-refractivity contribution < 1.29 is 28.0 Å². The van der Waals surface area contributed by atoms with Gasteiger partial charge in [0.05, 0.1) is 19.8 Å². The summed E-state index contributed by atoms with van der Waals surface area (Å²) >= 11 is 0. The highest BCUT2D eigenvalue weighted by molar-refractivity contribution is 7.47. The van der Waals surface area contributed by atoms with Gasteiger partial charge >= 0.3 is 7.82 Å². The lowest BCUT2D eigenvalue weighted by molar-refractivity contribution is -0.0276. The number of hydrogen-bond donors (Lipinski definition) is 1. The van der Waals surface area contributed by atoms with E-state index in [9.17, 15) is 9.46 Å². The molecule has 0 radical (unpaired) electrons. The van der Waals surface area contributed by atoms with E-state index >= 15 is 0 Å². The molecule has 0 amide bonds. The van der Waals surface area contributed by atoms with Crippen LogP contribution in [0.25, 0.3) is 0 Å². The summed E-state index contributed by atoms with van der Waals surface area (Å²) < 4.78 is 31.5. The van der Waals surface area contributed by atoms with Crippen LogP contribution in [0.15, 0.2) is 0 Å². The van der Waals surface area contributed by atoms with Gasteiger partial charge in [0, 0.05) is 20.3 Å². The van der Waals surface area contributed by atoms with Crippen LogP contribution in [0, 0.1) is 0 Å². The minimum atomic E-state index is -4.02. The maximum absolute atomic E-state index is 11.6. The van der Waals surface area contributed by atoms with Gasteiger partial charge in [0.2, 0.25) is 0 Å². The normalized spacial score (nSPS) is 16.5. The smallest absolute Gasteiger partial charge is 0.382 e. The summed E-state index contributed by atoms with van der Waals surface area (Å²) in [5, 5.41) is 0. The average Bonchev–Trinajstić information content (AvgIpc) is 2.36. The van der Waals surface area contributed by atoms with Gasteiger partial charge in [-0.1, -0.05) is 6.92 Å². The van der Waals surface area contributed by atoms with Gasteiger partial charge in [0.15, 0.2) is 0 Å². The van der Waals surface area contributed by atoms with Crippen LogP contribution in [0.5, 0.6) is 0 Å². The first-order valence-electron chi connectivity index (χ1n) is 6.36. The number of ether oxygens (including phenoxy) is 2. The molecule has 0 aromatic carbocycles. The van der Waals surface area contributed by atoms with E-state index in [1.807, 2.05) is 25.8 Å². The van der Waals surface area contributed by atoms with Crippen molar-refractivity contribution in [2.75, 3.05) is 53.7 Å². The SMILES string of the molecule is CCOC(COC)COP(=O)(O)OCCN(C)CC. The largest absolute Gasteiger partial charge is 0.472 e. The fourth-order valence-corrected chi connectivity index (χ4v) is 1.99. The molecule has 0 aliphatic carbocycles. The topological polar surface area (TPSA) is 77.5 Å². The second-order valence-electron chi connectivity index (χ2n) is 4.03. The highest BCUT2D eigenvalue weighted by atomic mass is 31.2. The molecule has 7 nitrogen and oxygen atoms in total. The fourth-order valence-electron chi connectivity index (χ4n) is 1.25. The molecule has 0 rings (SSSR count). The predicted octanol–water partition coefficient (Wildman–Crippen LogP) is 1.12. The first-order valence-corrected chi connectivity index (χ1v) is 7.85. The Morgan fingerprint density at radius 3 is 2.47 bits per heavy atom. The molecule has 0 bridgehead atoms. The number of hydrogen-bond acceptors (Lipinski definition) is 6. The van der Waals surface area contributed by atoms with Gasteiger partial charge in [-0.3, -0.25) is 9.05 Å². The lowest BCUT2D eigenvalue weighted by Gasteiger charge is -2.19. The molecule has 0 spiro atoms. The third-order valence-corrected chi connectivity index (χ3v) is 3.43. The van der Waals surface area contributed by atoms with Crippen LogP contribution in [0.1, 0.15) is 13.8 Å². The van der Waals surface area contributed by atoms with Crippen molar-refractivity contribution in [3.8, 4) is 0 Å². The van der Waals surface area contributed by atoms with Gasteiger partial charge in [0.25, 0.3) is 0 Å². The Kier molecular flexibility index (Phi) is 10.7. The van der Waals surface area contributed by atoms with Crippen molar-refractivity contribution in [2.45, 2.75) is 20.0 Å². The summed E-state index contributed by atoms with van der Waals surface area (Å²) in [4.78, 5) is 11.4. The molecule has 0 saturated carbocycles. The van der Waals surface area contributed by atoms with Gasteiger partial charge in [-0.15, -0.1) is 0 Å². The van der Waals surface area contributed by atoms with E-state index in [0.29, 0.717) is 19.8 Å². The number of phosphoric acid groups is 1. The quantitative estimate of drug-likeness (QED) is 0.541. The summed E-state index contributed by atoms with van der Waals surface area (Å²) in [6.45, 7) is 6.12. The van der Waals surface area contributed by atoms with E-state index in [0.717, 1.165) is 6.54 Å². The maximum Gasteiger partial charge on any atom is 0.472 e. The molecule has 8 heteroatoms. The molecule has 0 aromatic rings. The predicted molar refractivity (Wildman–Crippen MR) is 72.2 cm³/mol. The second-order valence-corrected chi connectivity index (χ2v) is 5.48. The van der Waals surface area contributed by atoms with Crippen molar-refractivity contribution in [1.82, 2.24) is 4.90 Å². The van der Waals surface area contributed by atoms with Crippen LogP contribution in [0.4, 0.5) is 0 Å². The highest BCUT2D eigenvalue weighted by Crippen LogP contribution is 2.43. The summed E-state index contributed by atoms with van der Waals surface area (Å²) in [6, 6.07) is 0. The molecule has 2 unspecified atom stereocenters. The maximum atomic E-state index is 11.6. The van der Waals surface area contributed by atoms with Crippen molar-refractivity contribution in [3.05, 3.63) is 0 Å². The lowest BCUT2D eigenvalue weighted by atomic mass is 10.4. The molecule has 0 heterocycles. The van der Waals surface area contributed by atoms with Gasteiger partial charge in [0.1, 0.15) is 6.10 Å². The van der Waals surface area contributed by atoms with Crippen LogP contribution < -0.4 is 0 Å². The first-order chi connectivity index (χ1) is 8.95. The van der Waals surface area contributed by atoms with Gasteiger partial charge in [-0.05, 0) is 20.5 Å². The molecule has 0 fully saturated rings. The van der Waals surface area contributed by atoms with Gasteiger partial charge < -0.3 is 19.3 Å². The van der Waals surface area contributed by atoms with Crippen molar-refractivity contribution in [2.24, 2.45) is 0 Å². The van der Waals surface area contributed by atoms with Crippen LogP contribution in [0.2, 0.25) is 0 Å². The molecule has 0 aliphatic rings. The molecular weight excluding hydrogens is 273 g/mol. The first kappa shape index (κ1) is 19.0. The summed E-state index contributed by atoms with van der Waals surface area (Å²) in [5.74, 6) is 0. The van der Waals surface area contributed by atoms with E-state index < -0.39 is 7.82 Å². The zero-order valence-electron chi connectivity index (χ0n) is 12.2. The molecule has 2 atom stereocenters. The van der Waals surface area contributed by atoms with E-state index in [2.05, 4.69) is 0 Å². The standard InChI is InChI=1S/C11H26NO6P/c1-5-12(3)7-8-17-19(13,14)18-10-11(9-15-4)16-6-2/h11H,5-10H2,1-4H3,(H,13,14). The molecule has 116 valence electrons. The molecule has 0 aliphatic heterocycles. The van der Waals surface area contributed by atoms with Gasteiger partial charge in [-0.2, -0.15) is 0 Å². The molecule has 0 saturated heterocycles. The number of rotatable bonds is 12. The molecule has 0 aromatic heterocycles. The van der Waals surface area contributed by atoms with Gasteiger partial charge in [-0.25, -0.2) is 4.57 Å². The number of likely N-dealkylation sites (N-methyl/N-ethyl adjacent to an activating group) is 1. The Labute approximate surface area is 115 Å². The van der Waals surface area contributed by atoms with E-state index in [4.69, 9.17) is 18.5 Å². The summed E-state index contributed by atoms with van der Waals surface area (Å²) in [5.41, 5.74) is 0. The molecule has 19 heavy (non-hydrogen) atoms. The Morgan fingerprint density at radius 1 is 1.26 bits per heavy atom. The highest BCUT2D eigenvalue weighted by Gasteiger charge is 2.23. The zero-order chi connectivity index (χ0) is 14.7. The average molecular weight is 299 g/mol. The molecular formula is C11H26NO6P. The van der Waals surface area contributed by atoms with Crippen LogP contribution >= 0.6 is 7.82 Å². The summed E-state index contributed by atoms with van der Waals surface area (Å²) in [6.07, 6.45) is -0.377. The number of phosphoric ester groups is 1. The van der Waals surface area contributed by atoms with Crippen LogP contribution in [0.3, 0.4) is 0 Å². The minimum absolute atomic E-state index is 0.0426.